The molecule has 1 atom stereocenters. The highest BCUT2D eigenvalue weighted by molar-refractivity contribution is 9.10. The van der Waals surface area contributed by atoms with Gasteiger partial charge in [-0.05, 0) is 52.0 Å². The van der Waals surface area contributed by atoms with E-state index in [1.54, 1.807) is 20.8 Å². The second-order valence-electron chi connectivity index (χ2n) is 6.27. The molecule has 0 bridgehead atoms. The van der Waals surface area contributed by atoms with E-state index in [0.717, 1.165) is 6.08 Å². The van der Waals surface area contributed by atoms with Gasteiger partial charge >= 0.3 is 12.0 Å². The predicted molar refractivity (Wildman–Crippen MR) is 95.1 cm³/mol. The van der Waals surface area contributed by atoms with Crippen LogP contribution in [0.2, 0.25) is 0 Å². The van der Waals surface area contributed by atoms with Crippen LogP contribution >= 0.6 is 15.9 Å². The smallest absolute Gasteiger partial charge is 0.331 e. The van der Waals surface area contributed by atoms with Crippen LogP contribution in [0, 0.1) is 5.82 Å². The summed E-state index contributed by atoms with van der Waals surface area (Å²) >= 11 is 3.20. The monoisotopic (exact) mass is 414 g/mol. The van der Waals surface area contributed by atoms with Gasteiger partial charge in [-0.15, -0.1) is 0 Å². The first kappa shape index (κ1) is 20.8. The number of hydrogen-bond donors (Lipinski definition) is 2. The number of halogens is 2. The summed E-state index contributed by atoms with van der Waals surface area (Å²) in [5.41, 5.74) is -0.325. The van der Waals surface area contributed by atoms with E-state index in [1.165, 1.54) is 31.2 Å². The molecule has 25 heavy (non-hydrogen) atoms. The molecule has 1 aromatic carbocycles. The summed E-state index contributed by atoms with van der Waals surface area (Å²) in [6, 6.07) is 3.58. The third kappa shape index (κ3) is 7.93. The number of amides is 3. The average molecular weight is 415 g/mol. The van der Waals surface area contributed by atoms with Crippen LogP contribution in [0.4, 0.5) is 9.18 Å². The number of esters is 1. The van der Waals surface area contributed by atoms with Gasteiger partial charge in [0.2, 0.25) is 0 Å². The fourth-order valence-corrected chi connectivity index (χ4v) is 2.03. The van der Waals surface area contributed by atoms with E-state index >= 15 is 0 Å². The van der Waals surface area contributed by atoms with E-state index < -0.39 is 35.4 Å². The topological polar surface area (TPSA) is 84.5 Å². The van der Waals surface area contributed by atoms with Gasteiger partial charge in [0.1, 0.15) is 5.82 Å². The number of nitrogens with one attached hydrogen (secondary N) is 2. The first-order chi connectivity index (χ1) is 11.5. The third-order valence-corrected chi connectivity index (χ3v) is 3.24. The van der Waals surface area contributed by atoms with Gasteiger partial charge in [-0.2, -0.15) is 0 Å². The lowest BCUT2D eigenvalue weighted by molar-refractivity contribution is -0.149. The molecule has 136 valence electrons. The number of carbonyl (C=O) groups is 3. The molecule has 0 heterocycles. The van der Waals surface area contributed by atoms with Crippen LogP contribution in [0.25, 0.3) is 6.08 Å². The lowest BCUT2D eigenvalue weighted by Crippen LogP contribution is -2.50. The zero-order valence-electron chi connectivity index (χ0n) is 14.4. The van der Waals surface area contributed by atoms with E-state index in [9.17, 15) is 18.8 Å². The third-order valence-electron chi connectivity index (χ3n) is 2.74. The average Bonchev–Trinajstić information content (AvgIpc) is 2.46. The number of rotatable bonds is 4. The molecular formula is C17H20BrFN2O4. The molecule has 0 unspecified atom stereocenters. The molecule has 0 spiro atoms. The van der Waals surface area contributed by atoms with Crippen molar-refractivity contribution < 1.29 is 23.5 Å². The number of imide groups is 1. The highest BCUT2D eigenvalue weighted by Gasteiger charge is 2.21. The van der Waals surface area contributed by atoms with Crippen molar-refractivity contribution in [3.63, 3.8) is 0 Å². The fourth-order valence-electron chi connectivity index (χ4n) is 1.65. The summed E-state index contributed by atoms with van der Waals surface area (Å²) < 4.78 is 19.1. The number of benzene rings is 1. The Bertz CT molecular complexity index is 698. The van der Waals surface area contributed by atoms with Gasteiger partial charge in [0.25, 0.3) is 5.91 Å². The van der Waals surface area contributed by atoms with Gasteiger partial charge in [-0.1, -0.05) is 15.9 Å². The second kappa shape index (κ2) is 8.75. The molecule has 0 aliphatic rings. The second-order valence-corrected chi connectivity index (χ2v) is 7.19. The minimum absolute atomic E-state index is 0.188. The van der Waals surface area contributed by atoms with Gasteiger partial charge in [0.05, 0.1) is 0 Å². The Morgan fingerprint density at radius 2 is 1.92 bits per heavy atom. The molecule has 8 heteroatoms. The molecule has 6 nitrogen and oxygen atoms in total. The zero-order valence-corrected chi connectivity index (χ0v) is 15.9. The zero-order chi connectivity index (χ0) is 19.2. The maximum absolute atomic E-state index is 13.6. The Morgan fingerprint density at radius 3 is 2.52 bits per heavy atom. The van der Waals surface area contributed by atoms with E-state index in [4.69, 9.17) is 4.74 Å². The normalized spacial score (nSPS) is 12.6. The predicted octanol–water partition coefficient (Wildman–Crippen LogP) is 3.16. The molecule has 0 radical (unpaired) electrons. The number of ether oxygens (including phenoxy) is 1. The van der Waals surface area contributed by atoms with Crippen molar-refractivity contribution >= 4 is 39.9 Å². The molecule has 1 rings (SSSR count). The van der Waals surface area contributed by atoms with Crippen molar-refractivity contribution in [2.45, 2.75) is 39.3 Å². The highest BCUT2D eigenvalue weighted by Crippen LogP contribution is 2.16. The van der Waals surface area contributed by atoms with Crippen LogP contribution in [0.1, 0.15) is 33.3 Å². The van der Waals surface area contributed by atoms with Crippen LogP contribution in [-0.4, -0.2) is 29.6 Å². The van der Waals surface area contributed by atoms with Crippen molar-refractivity contribution in [3.8, 4) is 0 Å². The van der Waals surface area contributed by atoms with Crippen LogP contribution in [0.15, 0.2) is 28.7 Å². The van der Waals surface area contributed by atoms with E-state index in [2.05, 4.69) is 26.6 Å². The lowest BCUT2D eigenvalue weighted by Gasteiger charge is -2.21. The van der Waals surface area contributed by atoms with Crippen LogP contribution in [-0.2, 0) is 14.3 Å². The van der Waals surface area contributed by atoms with Gasteiger partial charge in [-0.25, -0.2) is 14.0 Å². The summed E-state index contributed by atoms with van der Waals surface area (Å²) in [6.45, 7) is 6.59. The van der Waals surface area contributed by atoms with Crippen molar-refractivity contribution in [3.05, 3.63) is 40.1 Å². The number of hydrogen-bond acceptors (Lipinski definition) is 4. The highest BCUT2D eigenvalue weighted by atomic mass is 79.9. The first-order valence-electron chi connectivity index (χ1n) is 7.44. The SMILES string of the molecule is C[C@H](OC(=O)/C=C/c1cc(Br)ccc1F)C(=O)NC(=O)NC(C)(C)C. The summed E-state index contributed by atoms with van der Waals surface area (Å²) in [7, 11) is 0. The molecule has 3 amide bonds. The summed E-state index contributed by atoms with van der Waals surface area (Å²) in [6.07, 6.45) is 1.05. The minimum atomic E-state index is -1.18. The standard InChI is InChI=1S/C17H20BrFN2O4/c1-10(15(23)20-16(24)21-17(2,3)4)25-14(22)8-5-11-9-12(18)6-7-13(11)19/h5-10H,1-4H3,(H2,20,21,23,24)/b8-5+/t10-/m0/s1. The van der Waals surface area contributed by atoms with Gasteiger partial charge in [0, 0.05) is 21.7 Å². The molecule has 0 fully saturated rings. The van der Waals surface area contributed by atoms with Crippen molar-refractivity contribution in [1.82, 2.24) is 10.6 Å². The van der Waals surface area contributed by atoms with Crippen molar-refractivity contribution in [2.75, 3.05) is 0 Å². The van der Waals surface area contributed by atoms with Crippen molar-refractivity contribution in [1.29, 1.82) is 0 Å². The van der Waals surface area contributed by atoms with Crippen molar-refractivity contribution in [2.24, 2.45) is 0 Å². The maximum atomic E-state index is 13.6. The molecule has 0 saturated heterocycles. The lowest BCUT2D eigenvalue weighted by atomic mass is 10.1. The van der Waals surface area contributed by atoms with E-state index in [-0.39, 0.29) is 5.56 Å². The first-order valence-corrected chi connectivity index (χ1v) is 8.24. The van der Waals surface area contributed by atoms with E-state index in [1.807, 2.05) is 0 Å². The Balaban J connectivity index is 2.58. The molecule has 0 aliphatic heterocycles. The quantitative estimate of drug-likeness (QED) is 0.585. The molecule has 2 N–H and O–H groups in total. The van der Waals surface area contributed by atoms with Gasteiger partial charge < -0.3 is 10.1 Å². The maximum Gasteiger partial charge on any atom is 0.331 e. The largest absolute Gasteiger partial charge is 0.449 e. The van der Waals surface area contributed by atoms with E-state index in [0.29, 0.717) is 4.47 Å². The van der Waals surface area contributed by atoms with Crippen LogP contribution in [0.3, 0.4) is 0 Å². The summed E-state index contributed by atoms with van der Waals surface area (Å²) in [5, 5.41) is 4.62. The van der Waals surface area contributed by atoms with Gasteiger partial charge in [0.15, 0.2) is 6.10 Å². The molecule has 0 aromatic heterocycles. The van der Waals surface area contributed by atoms with Crippen LogP contribution < -0.4 is 10.6 Å². The minimum Gasteiger partial charge on any atom is -0.449 e. The van der Waals surface area contributed by atoms with Crippen LogP contribution in [0.5, 0.6) is 0 Å². The molecular weight excluding hydrogens is 395 g/mol. The fraction of sp³-hybridized carbons (Fsp3) is 0.353. The molecule has 0 saturated carbocycles. The summed E-state index contributed by atoms with van der Waals surface area (Å²) in [5.74, 6) is -2.10. The number of carbonyl (C=O) groups excluding carboxylic acids is 3. The molecule has 0 aliphatic carbocycles. The Hall–Kier alpha value is -2.22. The Kier molecular flexibility index (Phi) is 7.29. The molecule has 1 aromatic rings. The number of urea groups is 1. The summed E-state index contributed by atoms with van der Waals surface area (Å²) in [4.78, 5) is 35.1. The Labute approximate surface area is 153 Å². The van der Waals surface area contributed by atoms with Gasteiger partial charge in [-0.3, -0.25) is 10.1 Å². The Morgan fingerprint density at radius 1 is 1.28 bits per heavy atom.